The number of rotatable bonds is 10. The fourth-order valence-electron chi connectivity index (χ4n) is 2.21. The monoisotopic (exact) mass is 269 g/mol. The molecule has 0 heterocycles. The molecule has 0 aliphatic carbocycles. The van der Waals surface area contributed by atoms with Crippen molar-refractivity contribution < 1.29 is 8.78 Å². The van der Waals surface area contributed by atoms with Gasteiger partial charge in [0, 0.05) is 12.2 Å². The third kappa shape index (κ3) is 7.14. The number of anilines is 1. The van der Waals surface area contributed by atoms with Crippen molar-refractivity contribution in [2.45, 2.75) is 51.9 Å². The molecule has 108 valence electrons. The van der Waals surface area contributed by atoms with Gasteiger partial charge in [0.2, 0.25) is 0 Å². The summed E-state index contributed by atoms with van der Waals surface area (Å²) in [6, 6.07) is 9.51. The maximum Gasteiger partial charge on any atom is 0.255 e. The lowest BCUT2D eigenvalue weighted by molar-refractivity contribution is 0.154. The Morgan fingerprint density at radius 3 is 2.21 bits per heavy atom. The Labute approximate surface area is 115 Å². The first-order valence-electron chi connectivity index (χ1n) is 7.32. The van der Waals surface area contributed by atoms with Crippen LogP contribution in [-0.2, 0) is 0 Å². The van der Waals surface area contributed by atoms with E-state index in [2.05, 4.69) is 6.92 Å². The number of halogens is 2. The Morgan fingerprint density at radius 2 is 1.58 bits per heavy atom. The van der Waals surface area contributed by atoms with Crippen LogP contribution in [0.25, 0.3) is 0 Å². The highest BCUT2D eigenvalue weighted by molar-refractivity contribution is 5.45. The van der Waals surface area contributed by atoms with Gasteiger partial charge in [0.05, 0.1) is 6.54 Å². The summed E-state index contributed by atoms with van der Waals surface area (Å²) in [6.45, 7) is 2.75. The summed E-state index contributed by atoms with van der Waals surface area (Å²) in [5.41, 5.74) is 0.899. The Bertz CT molecular complexity index is 314. The summed E-state index contributed by atoms with van der Waals surface area (Å²) in [4.78, 5) is 1.80. The molecule has 1 aromatic carbocycles. The van der Waals surface area contributed by atoms with Crippen LogP contribution < -0.4 is 4.90 Å². The van der Waals surface area contributed by atoms with Crippen molar-refractivity contribution in [1.82, 2.24) is 0 Å². The summed E-state index contributed by atoms with van der Waals surface area (Å²) < 4.78 is 25.2. The van der Waals surface area contributed by atoms with Crippen LogP contribution in [0.3, 0.4) is 0 Å². The molecule has 0 amide bonds. The van der Waals surface area contributed by atoms with Crippen molar-refractivity contribution in [1.29, 1.82) is 0 Å². The molecule has 0 unspecified atom stereocenters. The fraction of sp³-hybridized carbons (Fsp3) is 0.625. The summed E-state index contributed by atoms with van der Waals surface area (Å²) >= 11 is 0. The molecule has 0 atom stereocenters. The van der Waals surface area contributed by atoms with E-state index in [0.717, 1.165) is 25.1 Å². The van der Waals surface area contributed by atoms with E-state index >= 15 is 0 Å². The molecule has 0 spiro atoms. The van der Waals surface area contributed by atoms with Gasteiger partial charge in [-0.2, -0.15) is 0 Å². The molecule has 0 aliphatic rings. The van der Waals surface area contributed by atoms with Crippen LogP contribution in [0.15, 0.2) is 30.3 Å². The topological polar surface area (TPSA) is 3.24 Å². The first-order valence-corrected chi connectivity index (χ1v) is 7.32. The molecule has 1 nitrogen and oxygen atoms in total. The SMILES string of the molecule is CCCCCCCCN(CC(F)F)c1ccccc1. The molecule has 1 aromatic rings. The first-order chi connectivity index (χ1) is 9.24. The maximum atomic E-state index is 12.6. The van der Waals surface area contributed by atoms with Crippen molar-refractivity contribution in [3.8, 4) is 0 Å². The van der Waals surface area contributed by atoms with E-state index in [1.165, 1.54) is 25.7 Å². The number of unbranched alkanes of at least 4 members (excludes halogenated alkanes) is 5. The Kier molecular flexibility index (Phi) is 8.19. The second kappa shape index (κ2) is 9.76. The van der Waals surface area contributed by atoms with Crippen molar-refractivity contribution in [2.75, 3.05) is 18.0 Å². The lowest BCUT2D eigenvalue weighted by Crippen LogP contribution is -2.29. The highest BCUT2D eigenvalue weighted by Gasteiger charge is 2.11. The third-order valence-corrected chi connectivity index (χ3v) is 3.26. The predicted molar refractivity (Wildman–Crippen MR) is 78.0 cm³/mol. The summed E-state index contributed by atoms with van der Waals surface area (Å²) in [7, 11) is 0. The highest BCUT2D eigenvalue weighted by atomic mass is 19.3. The maximum absolute atomic E-state index is 12.6. The Morgan fingerprint density at radius 1 is 0.947 bits per heavy atom. The smallest absolute Gasteiger partial charge is 0.255 e. The summed E-state index contributed by atoms with van der Waals surface area (Å²) in [6.07, 6.45) is 4.83. The molecule has 0 N–H and O–H groups in total. The van der Waals surface area contributed by atoms with E-state index in [9.17, 15) is 8.78 Å². The van der Waals surface area contributed by atoms with Crippen molar-refractivity contribution in [3.05, 3.63) is 30.3 Å². The van der Waals surface area contributed by atoms with Gasteiger partial charge in [-0.15, -0.1) is 0 Å². The van der Waals surface area contributed by atoms with Crippen LogP contribution in [0.5, 0.6) is 0 Å². The molecule has 3 heteroatoms. The molecular formula is C16H25F2N. The van der Waals surface area contributed by atoms with Crippen LogP contribution in [-0.4, -0.2) is 19.5 Å². The lowest BCUT2D eigenvalue weighted by atomic mass is 10.1. The molecule has 0 radical (unpaired) electrons. The van der Waals surface area contributed by atoms with Gasteiger partial charge in [0.15, 0.2) is 0 Å². The Hall–Kier alpha value is -1.12. The molecule has 1 rings (SSSR count). The minimum Gasteiger partial charge on any atom is -0.366 e. The van der Waals surface area contributed by atoms with Crippen LogP contribution in [0.4, 0.5) is 14.5 Å². The van der Waals surface area contributed by atoms with E-state index in [1.54, 1.807) is 4.90 Å². The number of nitrogens with zero attached hydrogens (tertiary/aromatic N) is 1. The van der Waals surface area contributed by atoms with Crippen LogP contribution in [0.1, 0.15) is 45.4 Å². The van der Waals surface area contributed by atoms with Gasteiger partial charge in [0.25, 0.3) is 6.43 Å². The molecule has 0 fully saturated rings. The molecule has 0 aliphatic heterocycles. The van der Waals surface area contributed by atoms with Crippen LogP contribution >= 0.6 is 0 Å². The number of alkyl halides is 2. The fourth-order valence-corrected chi connectivity index (χ4v) is 2.21. The van der Waals surface area contributed by atoms with E-state index < -0.39 is 6.43 Å². The number of hydrogen-bond donors (Lipinski definition) is 0. The van der Waals surface area contributed by atoms with E-state index in [1.807, 2.05) is 30.3 Å². The number of hydrogen-bond acceptors (Lipinski definition) is 1. The quantitative estimate of drug-likeness (QED) is 0.533. The van der Waals surface area contributed by atoms with Crippen LogP contribution in [0, 0.1) is 0 Å². The van der Waals surface area contributed by atoms with Crippen LogP contribution in [0.2, 0.25) is 0 Å². The average molecular weight is 269 g/mol. The second-order valence-electron chi connectivity index (χ2n) is 4.94. The zero-order valence-corrected chi connectivity index (χ0v) is 11.8. The average Bonchev–Trinajstić information content (AvgIpc) is 2.42. The Balaban J connectivity index is 2.34. The normalized spacial score (nSPS) is 10.9. The largest absolute Gasteiger partial charge is 0.366 e. The molecule has 0 bridgehead atoms. The first kappa shape index (κ1) is 15.9. The number of benzene rings is 1. The minimum atomic E-state index is -2.28. The number of para-hydroxylation sites is 1. The van der Waals surface area contributed by atoms with Gasteiger partial charge < -0.3 is 4.90 Å². The molecule has 19 heavy (non-hydrogen) atoms. The van der Waals surface area contributed by atoms with Gasteiger partial charge >= 0.3 is 0 Å². The van der Waals surface area contributed by atoms with Crippen molar-refractivity contribution in [2.24, 2.45) is 0 Å². The summed E-state index contributed by atoms with van der Waals surface area (Å²) in [5.74, 6) is 0. The molecule has 0 saturated heterocycles. The zero-order chi connectivity index (χ0) is 13.9. The van der Waals surface area contributed by atoms with Gasteiger partial charge in [-0.25, -0.2) is 8.78 Å². The van der Waals surface area contributed by atoms with E-state index in [-0.39, 0.29) is 6.54 Å². The highest BCUT2D eigenvalue weighted by Crippen LogP contribution is 2.16. The van der Waals surface area contributed by atoms with Gasteiger partial charge in [0.1, 0.15) is 0 Å². The van der Waals surface area contributed by atoms with E-state index in [4.69, 9.17) is 0 Å². The van der Waals surface area contributed by atoms with Gasteiger partial charge in [-0.05, 0) is 18.6 Å². The van der Waals surface area contributed by atoms with Gasteiger partial charge in [-0.1, -0.05) is 57.2 Å². The lowest BCUT2D eigenvalue weighted by Gasteiger charge is -2.24. The molecule has 0 saturated carbocycles. The molecule has 0 aromatic heterocycles. The second-order valence-corrected chi connectivity index (χ2v) is 4.94. The minimum absolute atomic E-state index is 0.168. The molecular weight excluding hydrogens is 244 g/mol. The van der Waals surface area contributed by atoms with Gasteiger partial charge in [-0.3, -0.25) is 0 Å². The zero-order valence-electron chi connectivity index (χ0n) is 11.8. The standard InChI is InChI=1S/C16H25F2N/c1-2-3-4-5-6-10-13-19(14-16(17)18)15-11-8-7-9-12-15/h7-9,11-12,16H,2-6,10,13-14H2,1H3. The third-order valence-electron chi connectivity index (χ3n) is 3.26. The van der Waals surface area contributed by atoms with Crippen molar-refractivity contribution >= 4 is 5.69 Å². The predicted octanol–water partition coefficient (Wildman–Crippen LogP) is 5.12. The van der Waals surface area contributed by atoms with E-state index in [0.29, 0.717) is 0 Å². The summed E-state index contributed by atoms with van der Waals surface area (Å²) in [5, 5.41) is 0. The van der Waals surface area contributed by atoms with Crippen molar-refractivity contribution in [3.63, 3.8) is 0 Å².